The summed E-state index contributed by atoms with van der Waals surface area (Å²) in [7, 11) is 5.40. The summed E-state index contributed by atoms with van der Waals surface area (Å²) >= 11 is 0. The van der Waals surface area contributed by atoms with Gasteiger partial charge in [-0.3, -0.25) is 28.9 Å². The Morgan fingerprint density at radius 2 is 1.43 bits per heavy atom. The number of carbonyl (C=O) groups excluding carboxylic acids is 7. The maximum absolute atomic E-state index is 13.2. The van der Waals surface area contributed by atoms with E-state index in [0.717, 1.165) is 4.90 Å². The highest BCUT2D eigenvalue weighted by atomic mass is 16.2. The van der Waals surface area contributed by atoms with Crippen LogP contribution in [0.2, 0.25) is 0 Å². The van der Waals surface area contributed by atoms with Gasteiger partial charge in [0.15, 0.2) is 7.85 Å². The van der Waals surface area contributed by atoms with Crippen molar-refractivity contribution in [2.45, 2.75) is 84.3 Å². The van der Waals surface area contributed by atoms with E-state index >= 15 is 0 Å². The van der Waals surface area contributed by atoms with E-state index in [1.807, 2.05) is 0 Å². The molecule has 0 aromatic heterocycles. The Balaban J connectivity index is 2.72. The molecule has 0 aromatic carbocycles. The van der Waals surface area contributed by atoms with Gasteiger partial charge in [0.2, 0.25) is 17.7 Å². The second-order valence-electron chi connectivity index (χ2n) is 10.4. The first-order valence-electron chi connectivity index (χ1n) is 13.5. The Morgan fingerprint density at radius 3 is 1.95 bits per heavy atom. The third kappa shape index (κ3) is 12.0. The summed E-state index contributed by atoms with van der Waals surface area (Å²) in [6.45, 7) is 7.36. The van der Waals surface area contributed by atoms with Crippen LogP contribution in [0.15, 0.2) is 12.2 Å². The van der Waals surface area contributed by atoms with E-state index in [1.54, 1.807) is 27.7 Å². The van der Waals surface area contributed by atoms with Gasteiger partial charge in [-0.05, 0) is 37.5 Å². The molecule has 6 N–H and O–H groups in total. The Labute approximate surface area is 236 Å². The van der Waals surface area contributed by atoms with E-state index in [0.29, 0.717) is 25.7 Å². The first-order valence-corrected chi connectivity index (χ1v) is 13.5. The lowest BCUT2D eigenvalue weighted by Crippen LogP contribution is -2.57. The van der Waals surface area contributed by atoms with Gasteiger partial charge in [0.1, 0.15) is 12.1 Å². The average molecular weight is 560 g/mol. The standard InChI is InChI=1S/C26H41BN6O7/c1-15(2)21(23(27)37)32-24(38)17(9-8-13-29-26(28)40)30-25(39)22(16(3)4)31-18(34)10-6-5-7-14-33-19(35)11-12-20(33)36/h11-12,15-17,21-22H,5-10,13-14H2,1-4H3,(H,30,39)(H,31,34)(H,32,38)(H3,28,29,40)/t17-,21?,22?/m0/s1. The minimum Gasteiger partial charge on any atom is -0.352 e. The van der Waals surface area contributed by atoms with Crippen molar-refractivity contribution < 1.29 is 33.6 Å². The lowest BCUT2D eigenvalue weighted by atomic mass is 9.87. The van der Waals surface area contributed by atoms with E-state index < -0.39 is 41.7 Å². The van der Waals surface area contributed by atoms with Crippen molar-refractivity contribution in [2.24, 2.45) is 17.6 Å². The SMILES string of the molecule is [B]C(=O)C(NC(=O)[C@H](CCCNC(N)=O)NC(=O)C(NC(=O)CCCCCN1C(=O)C=CC1=O)C(C)C)C(C)C. The summed E-state index contributed by atoms with van der Waals surface area (Å²) in [6, 6.07) is -3.67. The third-order valence-electron chi connectivity index (χ3n) is 6.32. The van der Waals surface area contributed by atoms with Crippen LogP contribution in [0.5, 0.6) is 0 Å². The average Bonchev–Trinajstić information content (AvgIpc) is 3.18. The number of urea groups is 1. The zero-order chi connectivity index (χ0) is 30.4. The quantitative estimate of drug-likeness (QED) is 0.0836. The maximum atomic E-state index is 13.2. The number of carbonyl (C=O) groups is 7. The fraction of sp³-hybridized carbons (Fsp3) is 0.654. The molecule has 1 aliphatic rings. The van der Waals surface area contributed by atoms with Crippen molar-refractivity contribution in [1.82, 2.24) is 26.2 Å². The molecule has 1 rings (SSSR count). The number of rotatable bonds is 18. The van der Waals surface area contributed by atoms with Crippen molar-refractivity contribution in [3.8, 4) is 0 Å². The molecule has 2 radical (unpaired) electrons. The Bertz CT molecular complexity index is 967. The molecule has 0 saturated heterocycles. The van der Waals surface area contributed by atoms with Crippen molar-refractivity contribution in [1.29, 1.82) is 0 Å². The molecule has 0 saturated carbocycles. The van der Waals surface area contributed by atoms with E-state index in [2.05, 4.69) is 21.3 Å². The molecule has 0 aliphatic carbocycles. The Hall–Kier alpha value is -3.71. The minimum absolute atomic E-state index is 0.123. The van der Waals surface area contributed by atoms with Crippen LogP contribution < -0.4 is 27.0 Å². The van der Waals surface area contributed by atoms with E-state index in [1.165, 1.54) is 12.2 Å². The zero-order valence-electron chi connectivity index (χ0n) is 23.7. The van der Waals surface area contributed by atoms with Gasteiger partial charge in [0.05, 0.1) is 11.7 Å². The van der Waals surface area contributed by atoms with Crippen LogP contribution in [0, 0.1) is 11.8 Å². The summed E-state index contributed by atoms with van der Waals surface area (Å²) in [4.78, 5) is 85.8. The van der Waals surface area contributed by atoms with Gasteiger partial charge in [-0.1, -0.05) is 34.1 Å². The molecule has 14 heteroatoms. The maximum Gasteiger partial charge on any atom is 0.312 e. The van der Waals surface area contributed by atoms with Crippen LogP contribution in [0.4, 0.5) is 4.79 Å². The number of nitrogens with one attached hydrogen (secondary N) is 4. The second kappa shape index (κ2) is 17.1. The molecule has 1 aliphatic heterocycles. The van der Waals surface area contributed by atoms with Crippen molar-refractivity contribution in [3.63, 3.8) is 0 Å². The largest absolute Gasteiger partial charge is 0.352 e. The van der Waals surface area contributed by atoms with Gasteiger partial charge in [-0.25, -0.2) is 4.79 Å². The van der Waals surface area contributed by atoms with Crippen molar-refractivity contribution in [3.05, 3.63) is 12.2 Å². The Morgan fingerprint density at radius 1 is 0.825 bits per heavy atom. The molecule has 3 atom stereocenters. The fourth-order valence-electron chi connectivity index (χ4n) is 4.03. The van der Waals surface area contributed by atoms with Crippen LogP contribution in [-0.2, 0) is 28.8 Å². The number of imide groups is 1. The summed E-state index contributed by atoms with van der Waals surface area (Å²) in [5.74, 6) is -2.85. The van der Waals surface area contributed by atoms with Gasteiger partial charge in [-0.2, -0.15) is 0 Å². The molecule has 0 spiro atoms. The predicted octanol–water partition coefficient (Wildman–Crippen LogP) is -0.618. The first-order chi connectivity index (χ1) is 18.7. The van der Waals surface area contributed by atoms with Crippen LogP contribution in [0.1, 0.15) is 66.2 Å². The highest BCUT2D eigenvalue weighted by molar-refractivity contribution is 6.59. The number of primary amides is 1. The van der Waals surface area contributed by atoms with Crippen LogP contribution in [0.25, 0.3) is 0 Å². The first kappa shape index (κ1) is 34.3. The van der Waals surface area contributed by atoms with Gasteiger partial charge in [-0.15, -0.1) is 0 Å². The number of unbranched alkanes of at least 4 members (excludes halogenated alkanes) is 2. The molecule has 40 heavy (non-hydrogen) atoms. The predicted molar refractivity (Wildman–Crippen MR) is 147 cm³/mol. The number of amides is 7. The number of nitrogens with two attached hydrogens (primary N) is 1. The molecule has 13 nitrogen and oxygen atoms in total. The monoisotopic (exact) mass is 560 g/mol. The van der Waals surface area contributed by atoms with E-state index in [9.17, 15) is 33.6 Å². The van der Waals surface area contributed by atoms with Crippen LogP contribution in [-0.4, -0.2) is 85.2 Å². The minimum atomic E-state index is -1.06. The molecule has 0 aromatic rings. The lowest BCUT2D eigenvalue weighted by molar-refractivity contribution is -0.137. The smallest absolute Gasteiger partial charge is 0.312 e. The second-order valence-corrected chi connectivity index (χ2v) is 10.4. The summed E-state index contributed by atoms with van der Waals surface area (Å²) in [5.41, 5.74) is 4.35. The van der Waals surface area contributed by atoms with Gasteiger partial charge < -0.3 is 31.8 Å². The molecule has 0 fully saturated rings. The number of nitrogens with zero attached hydrogens (tertiary/aromatic N) is 1. The highest BCUT2D eigenvalue weighted by Crippen LogP contribution is 2.10. The van der Waals surface area contributed by atoms with Crippen LogP contribution >= 0.6 is 0 Å². The number of hydrogen-bond acceptors (Lipinski definition) is 7. The van der Waals surface area contributed by atoms with E-state index in [4.69, 9.17) is 13.6 Å². The summed E-state index contributed by atoms with van der Waals surface area (Å²) in [6.07, 6.45) is 4.63. The molecule has 0 bridgehead atoms. The molecular formula is C26H41BN6O7. The highest BCUT2D eigenvalue weighted by Gasteiger charge is 2.30. The number of hydrogen-bond donors (Lipinski definition) is 5. The summed E-state index contributed by atoms with van der Waals surface area (Å²) < 4.78 is 0. The van der Waals surface area contributed by atoms with Crippen molar-refractivity contribution >= 4 is 49.1 Å². The molecule has 220 valence electrons. The molecular weight excluding hydrogens is 519 g/mol. The Kier molecular flexibility index (Phi) is 14.7. The molecule has 2 unspecified atom stereocenters. The fourth-order valence-corrected chi connectivity index (χ4v) is 4.03. The topological polar surface area (TPSA) is 197 Å². The lowest BCUT2D eigenvalue weighted by Gasteiger charge is -2.27. The van der Waals surface area contributed by atoms with E-state index in [-0.39, 0.29) is 55.5 Å². The summed E-state index contributed by atoms with van der Waals surface area (Å²) in [5, 5.41) is 10.3. The molecule has 7 amide bonds. The van der Waals surface area contributed by atoms with Gasteiger partial charge >= 0.3 is 6.03 Å². The zero-order valence-corrected chi connectivity index (χ0v) is 23.7. The third-order valence-corrected chi connectivity index (χ3v) is 6.32. The van der Waals surface area contributed by atoms with Crippen molar-refractivity contribution in [2.75, 3.05) is 13.1 Å². The molecule has 1 heterocycles. The van der Waals surface area contributed by atoms with Gasteiger partial charge in [0.25, 0.3) is 11.8 Å². The normalized spacial score (nSPS) is 15.1. The van der Waals surface area contributed by atoms with Gasteiger partial charge in [0, 0.05) is 31.7 Å². The van der Waals surface area contributed by atoms with Crippen LogP contribution in [0.3, 0.4) is 0 Å².